The van der Waals surface area contributed by atoms with Crippen molar-refractivity contribution in [3.8, 4) is 0 Å². The molecule has 0 radical (unpaired) electrons. The first kappa shape index (κ1) is 24.3. The predicted octanol–water partition coefficient (Wildman–Crippen LogP) is 3.98. The lowest BCUT2D eigenvalue weighted by Gasteiger charge is -2.38. The van der Waals surface area contributed by atoms with Crippen LogP contribution in [0.25, 0.3) is 0 Å². The van der Waals surface area contributed by atoms with E-state index in [2.05, 4.69) is 10.6 Å². The summed E-state index contributed by atoms with van der Waals surface area (Å²) in [5.74, 6) is 0. The summed E-state index contributed by atoms with van der Waals surface area (Å²) in [7, 11) is 3.15. The van der Waals surface area contributed by atoms with Crippen LogP contribution in [0.1, 0.15) is 42.3 Å². The van der Waals surface area contributed by atoms with E-state index in [0.29, 0.717) is 12.1 Å². The summed E-state index contributed by atoms with van der Waals surface area (Å²) in [5.41, 5.74) is 3.07. The summed E-state index contributed by atoms with van der Waals surface area (Å²) in [4.78, 5) is 5.67. The minimum absolute atomic E-state index is 0.499. The van der Waals surface area contributed by atoms with E-state index < -0.39 is 24.1 Å². The standard InChI is InChI=1S/C22H30F3N3O2/c1-15-13-17(19(26-4)27-20(29)22(23,24)25)11-12-18(15)21(2,3)28(30-5)14-16-9-7-6-8-10-16/h6-13,19-20,26-27,29H,14H2,1-5H3. The van der Waals surface area contributed by atoms with Crippen LogP contribution in [0, 0.1) is 6.92 Å². The summed E-state index contributed by atoms with van der Waals surface area (Å²) in [5, 5.41) is 16.1. The van der Waals surface area contributed by atoms with Gasteiger partial charge in [0.05, 0.1) is 25.4 Å². The molecule has 0 aliphatic carbocycles. The number of nitrogens with zero attached hydrogens (tertiary/aromatic N) is 1. The molecule has 0 amide bonds. The maximum Gasteiger partial charge on any atom is 0.428 e. The highest BCUT2D eigenvalue weighted by atomic mass is 19.4. The first-order chi connectivity index (χ1) is 14.0. The van der Waals surface area contributed by atoms with Gasteiger partial charge < -0.3 is 15.3 Å². The average Bonchev–Trinajstić information content (AvgIpc) is 2.69. The van der Waals surface area contributed by atoms with Gasteiger partial charge in [-0.05, 0) is 50.1 Å². The SMILES string of the molecule is CNC(NC(O)C(F)(F)F)c1ccc(C(C)(C)N(Cc2ccccc2)OC)c(C)c1. The monoisotopic (exact) mass is 425 g/mol. The van der Waals surface area contributed by atoms with E-state index in [4.69, 9.17) is 4.84 Å². The molecule has 0 heterocycles. The number of hydrogen-bond donors (Lipinski definition) is 3. The van der Waals surface area contributed by atoms with Crippen LogP contribution in [-0.2, 0) is 16.9 Å². The number of aliphatic hydroxyl groups is 1. The number of aryl methyl sites for hydroxylation is 1. The van der Waals surface area contributed by atoms with Crippen molar-refractivity contribution in [2.45, 2.75) is 51.4 Å². The van der Waals surface area contributed by atoms with Crippen LogP contribution in [0.15, 0.2) is 48.5 Å². The van der Waals surface area contributed by atoms with Gasteiger partial charge in [0.15, 0.2) is 0 Å². The van der Waals surface area contributed by atoms with Crippen molar-refractivity contribution in [2.24, 2.45) is 0 Å². The molecule has 3 N–H and O–H groups in total. The van der Waals surface area contributed by atoms with Gasteiger partial charge in [-0.15, -0.1) is 0 Å². The third-order valence-electron chi connectivity index (χ3n) is 5.18. The molecule has 0 aliphatic rings. The van der Waals surface area contributed by atoms with E-state index in [9.17, 15) is 18.3 Å². The highest BCUT2D eigenvalue weighted by Crippen LogP contribution is 2.33. The molecule has 2 rings (SSSR count). The van der Waals surface area contributed by atoms with Gasteiger partial charge in [0.2, 0.25) is 6.23 Å². The Kier molecular flexibility index (Phi) is 8.01. The number of hydrogen-bond acceptors (Lipinski definition) is 5. The smallest absolute Gasteiger partial charge is 0.370 e. The Labute approximate surface area is 175 Å². The Morgan fingerprint density at radius 1 is 1.10 bits per heavy atom. The minimum Gasteiger partial charge on any atom is -0.370 e. The summed E-state index contributed by atoms with van der Waals surface area (Å²) in [6, 6.07) is 15.4. The zero-order valence-electron chi connectivity index (χ0n) is 17.9. The van der Waals surface area contributed by atoms with E-state index in [0.717, 1.165) is 16.7 Å². The van der Waals surface area contributed by atoms with E-state index in [1.165, 1.54) is 7.05 Å². The van der Waals surface area contributed by atoms with E-state index in [-0.39, 0.29) is 0 Å². The zero-order valence-corrected chi connectivity index (χ0v) is 17.9. The lowest BCUT2D eigenvalue weighted by molar-refractivity contribution is -0.216. The first-order valence-electron chi connectivity index (χ1n) is 9.65. The van der Waals surface area contributed by atoms with Crippen molar-refractivity contribution >= 4 is 0 Å². The highest BCUT2D eigenvalue weighted by Gasteiger charge is 2.39. The second-order valence-corrected chi connectivity index (χ2v) is 7.67. The molecule has 2 unspecified atom stereocenters. The number of benzene rings is 2. The third-order valence-corrected chi connectivity index (χ3v) is 5.18. The van der Waals surface area contributed by atoms with Crippen LogP contribution in [0.2, 0.25) is 0 Å². The van der Waals surface area contributed by atoms with Gasteiger partial charge in [0.1, 0.15) is 0 Å². The van der Waals surface area contributed by atoms with Crippen LogP contribution >= 0.6 is 0 Å². The number of nitrogens with one attached hydrogen (secondary N) is 2. The predicted molar refractivity (Wildman–Crippen MR) is 110 cm³/mol. The molecule has 30 heavy (non-hydrogen) atoms. The molecule has 0 saturated carbocycles. The quantitative estimate of drug-likeness (QED) is 0.419. The second kappa shape index (κ2) is 9.89. The van der Waals surface area contributed by atoms with Gasteiger partial charge in [-0.2, -0.15) is 18.2 Å². The Hall–Kier alpha value is -1.97. The van der Waals surface area contributed by atoms with Gasteiger partial charge in [-0.25, -0.2) is 0 Å². The van der Waals surface area contributed by atoms with E-state index in [1.54, 1.807) is 13.2 Å². The van der Waals surface area contributed by atoms with E-state index >= 15 is 0 Å². The fraction of sp³-hybridized carbons (Fsp3) is 0.455. The van der Waals surface area contributed by atoms with Gasteiger partial charge >= 0.3 is 6.18 Å². The average molecular weight is 425 g/mol. The van der Waals surface area contributed by atoms with Gasteiger partial charge in [0, 0.05) is 0 Å². The van der Waals surface area contributed by atoms with Crippen molar-refractivity contribution in [1.29, 1.82) is 0 Å². The van der Waals surface area contributed by atoms with Gasteiger partial charge in [0.25, 0.3) is 0 Å². The maximum absolute atomic E-state index is 12.7. The molecule has 2 aromatic carbocycles. The molecule has 166 valence electrons. The Bertz CT molecular complexity index is 813. The van der Waals surface area contributed by atoms with Gasteiger partial charge in [-0.1, -0.05) is 48.5 Å². The normalized spacial score (nSPS) is 14.7. The number of hydroxylamine groups is 2. The molecule has 0 spiro atoms. The summed E-state index contributed by atoms with van der Waals surface area (Å²) in [6.07, 6.45) is -8.23. The third kappa shape index (κ3) is 5.80. The van der Waals surface area contributed by atoms with E-state index in [1.807, 2.05) is 68.3 Å². The largest absolute Gasteiger partial charge is 0.428 e. The van der Waals surface area contributed by atoms with Crippen LogP contribution in [0.5, 0.6) is 0 Å². The second-order valence-electron chi connectivity index (χ2n) is 7.67. The number of halogens is 3. The fourth-order valence-corrected chi connectivity index (χ4v) is 3.53. The molecule has 0 fully saturated rings. The first-order valence-corrected chi connectivity index (χ1v) is 9.65. The summed E-state index contributed by atoms with van der Waals surface area (Å²) < 4.78 is 38.1. The van der Waals surface area contributed by atoms with Crippen molar-refractivity contribution in [3.63, 3.8) is 0 Å². The van der Waals surface area contributed by atoms with Crippen molar-refractivity contribution < 1.29 is 23.1 Å². The summed E-state index contributed by atoms with van der Waals surface area (Å²) in [6.45, 7) is 6.54. The minimum atomic E-state index is -4.75. The van der Waals surface area contributed by atoms with Crippen LogP contribution in [-0.4, -0.2) is 36.7 Å². The fourth-order valence-electron chi connectivity index (χ4n) is 3.53. The molecular weight excluding hydrogens is 395 g/mol. The Morgan fingerprint density at radius 3 is 2.23 bits per heavy atom. The lowest BCUT2D eigenvalue weighted by atomic mass is 9.88. The zero-order chi connectivity index (χ0) is 22.5. The van der Waals surface area contributed by atoms with Crippen LogP contribution < -0.4 is 10.6 Å². The Balaban J connectivity index is 2.27. The molecule has 5 nitrogen and oxygen atoms in total. The highest BCUT2D eigenvalue weighted by molar-refractivity contribution is 5.37. The molecule has 8 heteroatoms. The molecule has 0 aromatic heterocycles. The van der Waals surface area contributed by atoms with Crippen molar-refractivity contribution in [1.82, 2.24) is 15.7 Å². The van der Waals surface area contributed by atoms with Gasteiger partial charge in [-0.3, -0.25) is 5.32 Å². The maximum atomic E-state index is 12.7. The van der Waals surface area contributed by atoms with Crippen molar-refractivity contribution in [3.05, 3.63) is 70.8 Å². The number of rotatable bonds is 9. The summed E-state index contributed by atoms with van der Waals surface area (Å²) >= 11 is 0. The molecule has 0 bridgehead atoms. The topological polar surface area (TPSA) is 56.8 Å². The Morgan fingerprint density at radius 2 is 1.73 bits per heavy atom. The molecule has 0 aliphatic heterocycles. The molecule has 2 aromatic rings. The lowest BCUT2D eigenvalue weighted by Crippen LogP contribution is -2.47. The van der Waals surface area contributed by atoms with Crippen LogP contribution in [0.4, 0.5) is 13.2 Å². The molecular formula is C22H30F3N3O2. The van der Waals surface area contributed by atoms with Crippen molar-refractivity contribution in [2.75, 3.05) is 14.2 Å². The van der Waals surface area contributed by atoms with Crippen LogP contribution in [0.3, 0.4) is 0 Å². The molecule has 2 atom stereocenters. The number of aliphatic hydroxyl groups excluding tert-OH is 1. The number of alkyl halides is 3. The molecule has 0 saturated heterocycles.